The van der Waals surface area contributed by atoms with Gasteiger partial charge in [-0.1, -0.05) is 0 Å². The average molecular weight is 684 g/mol. The molecule has 1 saturated carbocycles. The number of nitrogens with one attached hydrogen (secondary N) is 3. The maximum Gasteiger partial charge on any atom is 0.426 e. The summed E-state index contributed by atoms with van der Waals surface area (Å²) in [7, 11) is -3.84. The van der Waals surface area contributed by atoms with Gasteiger partial charge in [-0.2, -0.15) is 17.5 Å². The SMILES string of the molecule is Cc1cc(C(=O)NNC(=O)OC(C)(C)C)cc(C)c1C=CS(=O)(=O)N1CCC2(CC1)N=C(C1CCC(CCC(F)(F)F)CC1)NC2=O. The molecule has 2 heterocycles. The number of ether oxygens (including phenoxy) is 1. The molecule has 1 aromatic carbocycles. The van der Waals surface area contributed by atoms with Crippen molar-refractivity contribution in [3.8, 4) is 0 Å². The van der Waals surface area contributed by atoms with E-state index >= 15 is 0 Å². The molecule has 4 rings (SSSR count). The lowest BCUT2D eigenvalue weighted by Crippen LogP contribution is -2.50. The lowest BCUT2D eigenvalue weighted by atomic mass is 9.79. The zero-order chi connectivity index (χ0) is 34.8. The minimum atomic E-state index is -4.15. The summed E-state index contributed by atoms with van der Waals surface area (Å²) in [5.74, 6) is -0.252. The average Bonchev–Trinajstić information content (AvgIpc) is 3.28. The maximum absolute atomic E-state index is 13.3. The van der Waals surface area contributed by atoms with E-state index in [0.717, 1.165) is 5.41 Å². The summed E-state index contributed by atoms with van der Waals surface area (Å²) in [6.07, 6.45) is -1.07. The quantitative estimate of drug-likeness (QED) is 0.333. The highest BCUT2D eigenvalue weighted by Crippen LogP contribution is 2.38. The number of aryl methyl sites for hydroxylation is 2. The minimum absolute atomic E-state index is 0.0131. The van der Waals surface area contributed by atoms with Crippen LogP contribution in [0.4, 0.5) is 18.0 Å². The van der Waals surface area contributed by atoms with Gasteiger partial charge in [-0.15, -0.1) is 0 Å². The Kier molecular flexibility index (Phi) is 10.8. The molecule has 0 aromatic heterocycles. The predicted molar refractivity (Wildman–Crippen MR) is 171 cm³/mol. The highest BCUT2D eigenvalue weighted by Gasteiger charge is 2.48. The number of benzene rings is 1. The van der Waals surface area contributed by atoms with Gasteiger partial charge in [0.15, 0.2) is 0 Å². The number of sulfonamides is 1. The topological polar surface area (TPSA) is 146 Å². The second-order valence-corrected chi connectivity index (χ2v) is 15.5. The zero-order valence-corrected chi connectivity index (χ0v) is 28.2. The van der Waals surface area contributed by atoms with Gasteiger partial charge in [0, 0.05) is 36.4 Å². The Hall–Kier alpha value is -3.46. The van der Waals surface area contributed by atoms with Crippen molar-refractivity contribution < 1.29 is 40.7 Å². The highest BCUT2D eigenvalue weighted by molar-refractivity contribution is 7.92. The van der Waals surface area contributed by atoms with E-state index in [1.807, 2.05) is 0 Å². The lowest BCUT2D eigenvalue weighted by Gasteiger charge is -2.34. The first-order valence-corrected chi connectivity index (χ1v) is 17.3. The summed E-state index contributed by atoms with van der Waals surface area (Å²) < 4.78 is 70.8. The molecule has 0 bridgehead atoms. The summed E-state index contributed by atoms with van der Waals surface area (Å²) in [4.78, 5) is 42.2. The number of carbonyl (C=O) groups excluding carboxylic acids is 3. The van der Waals surface area contributed by atoms with Gasteiger partial charge in [-0.3, -0.25) is 20.0 Å². The van der Waals surface area contributed by atoms with Gasteiger partial charge < -0.3 is 10.1 Å². The van der Waals surface area contributed by atoms with Crippen LogP contribution >= 0.6 is 0 Å². The van der Waals surface area contributed by atoms with Crippen molar-refractivity contribution in [2.24, 2.45) is 16.8 Å². The van der Waals surface area contributed by atoms with Crippen LogP contribution < -0.4 is 16.2 Å². The maximum atomic E-state index is 13.3. The fourth-order valence-corrected chi connectivity index (χ4v) is 7.54. The standard InChI is InChI=1S/C32H44F3N5O6S/c1-20-18-24(27(41)38-39-29(43)46-30(3,4)5)19-21(2)25(20)11-17-47(44,45)40-15-13-31(14-16-40)28(42)36-26(37-31)23-8-6-22(7-9-23)10-12-32(33,34)35/h11,17-19,22-23H,6-10,12-16H2,1-5H3,(H,38,41)(H,39,43)(H,36,37,42). The van der Waals surface area contributed by atoms with E-state index in [1.165, 1.54) is 10.4 Å². The molecular formula is C32H44F3N5O6S. The molecule has 2 aliphatic heterocycles. The van der Waals surface area contributed by atoms with E-state index in [2.05, 4.69) is 16.2 Å². The molecule has 3 amide bonds. The Morgan fingerprint density at radius 3 is 2.21 bits per heavy atom. The lowest BCUT2D eigenvalue weighted by molar-refractivity contribution is -0.138. The second-order valence-electron chi connectivity index (χ2n) is 13.7. The Morgan fingerprint density at radius 2 is 1.66 bits per heavy atom. The van der Waals surface area contributed by atoms with Crippen molar-refractivity contribution in [1.29, 1.82) is 0 Å². The number of carbonyl (C=O) groups is 3. The van der Waals surface area contributed by atoms with E-state index in [0.29, 0.717) is 48.2 Å². The van der Waals surface area contributed by atoms with E-state index in [-0.39, 0.29) is 55.7 Å². The molecule has 1 aliphatic carbocycles. The summed E-state index contributed by atoms with van der Waals surface area (Å²) in [5.41, 5.74) is 4.90. The van der Waals surface area contributed by atoms with Gasteiger partial charge in [0.05, 0.1) is 0 Å². The van der Waals surface area contributed by atoms with Crippen molar-refractivity contribution >= 4 is 39.8 Å². The van der Waals surface area contributed by atoms with Crippen molar-refractivity contribution in [3.05, 3.63) is 39.8 Å². The molecule has 15 heteroatoms. The van der Waals surface area contributed by atoms with Crippen molar-refractivity contribution in [3.63, 3.8) is 0 Å². The Bertz CT molecular complexity index is 1510. The van der Waals surface area contributed by atoms with Crippen LogP contribution in [0.2, 0.25) is 0 Å². The zero-order valence-electron chi connectivity index (χ0n) is 27.4. The molecule has 11 nitrogen and oxygen atoms in total. The first-order valence-electron chi connectivity index (χ1n) is 15.8. The van der Waals surface area contributed by atoms with Gasteiger partial charge in [-0.25, -0.2) is 18.6 Å². The highest BCUT2D eigenvalue weighted by atomic mass is 32.2. The van der Waals surface area contributed by atoms with Gasteiger partial charge in [0.25, 0.3) is 11.8 Å². The Balaban J connectivity index is 1.33. The fraction of sp³-hybridized carbons (Fsp3) is 0.625. The minimum Gasteiger partial charge on any atom is -0.443 e. The predicted octanol–water partition coefficient (Wildman–Crippen LogP) is 5.29. The van der Waals surface area contributed by atoms with Gasteiger partial charge >= 0.3 is 12.3 Å². The molecule has 47 heavy (non-hydrogen) atoms. The number of aliphatic imine (C=N–C) groups is 1. The third-order valence-corrected chi connectivity index (χ3v) is 10.5. The first kappa shape index (κ1) is 36.4. The van der Waals surface area contributed by atoms with Gasteiger partial charge in [0.2, 0.25) is 10.0 Å². The largest absolute Gasteiger partial charge is 0.443 e. The number of rotatable bonds is 7. The number of halogens is 3. The molecule has 2 fully saturated rings. The van der Waals surface area contributed by atoms with Crippen molar-refractivity contribution in [1.82, 2.24) is 20.5 Å². The number of amides is 3. The molecule has 1 spiro atoms. The Morgan fingerprint density at radius 1 is 1.06 bits per heavy atom. The molecule has 0 unspecified atom stereocenters. The van der Waals surface area contributed by atoms with Gasteiger partial charge in [-0.05, 0) is 120 Å². The van der Waals surface area contributed by atoms with Crippen LogP contribution in [0.25, 0.3) is 6.08 Å². The second kappa shape index (κ2) is 14.0. The first-order chi connectivity index (χ1) is 21.8. The van der Waals surface area contributed by atoms with Crippen LogP contribution in [0.15, 0.2) is 22.5 Å². The van der Waals surface area contributed by atoms with Crippen LogP contribution in [0, 0.1) is 25.7 Å². The molecular weight excluding hydrogens is 639 g/mol. The number of alkyl halides is 3. The molecule has 3 N–H and O–H groups in total. The van der Waals surface area contributed by atoms with E-state index < -0.39 is 45.8 Å². The van der Waals surface area contributed by atoms with E-state index in [4.69, 9.17) is 9.73 Å². The third kappa shape index (κ3) is 9.55. The summed E-state index contributed by atoms with van der Waals surface area (Å²) in [5, 5.41) is 4.01. The number of piperidine rings is 1. The summed E-state index contributed by atoms with van der Waals surface area (Å²) in [6, 6.07) is 3.17. The van der Waals surface area contributed by atoms with Crippen LogP contribution in [-0.4, -0.2) is 66.9 Å². The summed E-state index contributed by atoms with van der Waals surface area (Å²) in [6.45, 7) is 8.76. The summed E-state index contributed by atoms with van der Waals surface area (Å²) >= 11 is 0. The molecule has 0 radical (unpaired) electrons. The molecule has 0 atom stereocenters. The Labute approximate surface area is 273 Å². The molecule has 260 valence electrons. The normalized spacial score (nSPS) is 22.2. The fourth-order valence-electron chi connectivity index (χ4n) is 6.37. The smallest absolute Gasteiger partial charge is 0.426 e. The molecule has 1 aromatic rings. The van der Waals surface area contributed by atoms with Gasteiger partial charge in [0.1, 0.15) is 17.0 Å². The monoisotopic (exact) mass is 683 g/mol. The number of hydrogen-bond donors (Lipinski definition) is 3. The number of amidine groups is 1. The molecule has 1 saturated heterocycles. The molecule has 3 aliphatic rings. The van der Waals surface area contributed by atoms with Crippen LogP contribution in [0.3, 0.4) is 0 Å². The number of hydrogen-bond acceptors (Lipinski definition) is 7. The van der Waals surface area contributed by atoms with Crippen molar-refractivity contribution in [2.75, 3.05) is 13.1 Å². The van der Waals surface area contributed by atoms with Crippen LogP contribution in [-0.2, 0) is 19.6 Å². The van der Waals surface area contributed by atoms with Crippen LogP contribution in [0.1, 0.15) is 99.2 Å². The van der Waals surface area contributed by atoms with E-state index in [9.17, 15) is 36.0 Å². The third-order valence-electron chi connectivity index (χ3n) is 8.92. The number of nitrogens with zero attached hydrogens (tertiary/aromatic N) is 2. The number of hydrazine groups is 1. The van der Waals surface area contributed by atoms with Crippen molar-refractivity contribution in [2.45, 2.75) is 103 Å². The van der Waals surface area contributed by atoms with Crippen LogP contribution in [0.5, 0.6) is 0 Å². The van der Waals surface area contributed by atoms with E-state index in [1.54, 1.807) is 46.8 Å².